The molecule has 0 spiro atoms. The zero-order valence-corrected chi connectivity index (χ0v) is 17.1. The van der Waals surface area contributed by atoms with Gasteiger partial charge in [0.1, 0.15) is 0 Å². The second-order valence-corrected chi connectivity index (χ2v) is 9.14. The van der Waals surface area contributed by atoms with Crippen LogP contribution in [0.5, 0.6) is 5.75 Å². The Hall–Kier alpha value is -2.02. The van der Waals surface area contributed by atoms with Gasteiger partial charge in [-0.05, 0) is 0 Å². The third kappa shape index (κ3) is 3.32. The Labute approximate surface area is 162 Å². The van der Waals surface area contributed by atoms with Gasteiger partial charge in [0.25, 0.3) is 0 Å². The third-order valence-corrected chi connectivity index (χ3v) is 7.50. The average Bonchev–Trinajstić information content (AvgIpc) is 2.68. The van der Waals surface area contributed by atoms with Crippen molar-refractivity contribution in [2.75, 3.05) is 6.61 Å². The van der Waals surface area contributed by atoms with E-state index in [2.05, 4.69) is 74.5 Å². The normalized spacial score (nSPS) is 13.6. The van der Waals surface area contributed by atoms with Crippen LogP contribution in [0.4, 0.5) is 0 Å². The van der Waals surface area contributed by atoms with E-state index in [-0.39, 0.29) is 0 Å². The van der Waals surface area contributed by atoms with Crippen LogP contribution in [0.3, 0.4) is 0 Å². The molecule has 2 heteroatoms. The topological polar surface area (TPSA) is 9.23 Å². The van der Waals surface area contributed by atoms with Gasteiger partial charge in [-0.1, -0.05) is 0 Å². The van der Waals surface area contributed by atoms with Crippen LogP contribution in [0.15, 0.2) is 60.7 Å². The van der Waals surface area contributed by atoms with Gasteiger partial charge in [0, 0.05) is 0 Å². The van der Waals surface area contributed by atoms with Gasteiger partial charge in [-0.3, -0.25) is 0 Å². The number of aryl methyl sites for hydroxylation is 1. The molecule has 3 aromatic rings. The Morgan fingerprint density at radius 3 is 2.69 bits per heavy atom. The summed E-state index contributed by atoms with van der Waals surface area (Å²) in [6.07, 6.45) is 2.56. The molecule has 0 radical (unpaired) electrons. The van der Waals surface area contributed by atoms with Gasteiger partial charge in [-0.15, -0.1) is 0 Å². The molecule has 3 aromatic carbocycles. The second-order valence-electron chi connectivity index (χ2n) is 6.82. The molecule has 0 saturated carbocycles. The van der Waals surface area contributed by atoms with Crippen LogP contribution < -0.4 is 4.74 Å². The number of ether oxygens (including phenoxy) is 1. The predicted octanol–water partition coefficient (Wildman–Crippen LogP) is 6.33. The molecule has 4 rings (SSSR count). The fourth-order valence-corrected chi connectivity index (χ4v) is 6.21. The molecule has 0 amide bonds. The zero-order chi connectivity index (χ0) is 17.9. The molecular formula is C24H24OSe. The number of hydrogen-bond donors (Lipinski definition) is 0. The SMILES string of the molecule is CCCC[Se]C1=C(c2cccc3ccccc23)COc2ccc(C)cc21. The molecule has 1 nitrogen and oxygen atoms in total. The van der Waals surface area contributed by atoms with Crippen molar-refractivity contribution in [3.05, 3.63) is 77.4 Å². The van der Waals surface area contributed by atoms with E-state index in [1.807, 2.05) is 0 Å². The van der Waals surface area contributed by atoms with E-state index in [1.165, 1.54) is 55.7 Å². The molecule has 0 atom stereocenters. The summed E-state index contributed by atoms with van der Waals surface area (Å²) in [4.78, 5) is 0. The van der Waals surface area contributed by atoms with Gasteiger partial charge in [0.2, 0.25) is 0 Å². The fourth-order valence-electron chi connectivity index (χ4n) is 3.50. The maximum absolute atomic E-state index is 6.18. The molecule has 0 aliphatic carbocycles. The standard InChI is InChI=1S/C24H24OSe/c1-3-4-14-26-24-21-15-17(2)12-13-23(21)25-16-22(24)20-11-7-9-18-8-5-6-10-19(18)20/h5-13,15H,3-4,14,16H2,1-2H3. The predicted molar refractivity (Wildman–Crippen MR) is 113 cm³/mol. The number of unbranched alkanes of at least 4 members (excludes halogenated alkanes) is 1. The summed E-state index contributed by atoms with van der Waals surface area (Å²) in [5, 5.41) is 3.92. The monoisotopic (exact) mass is 408 g/mol. The Bertz CT molecular complexity index is 966. The summed E-state index contributed by atoms with van der Waals surface area (Å²) < 4.78 is 7.72. The van der Waals surface area contributed by atoms with Crippen molar-refractivity contribution >= 4 is 35.8 Å². The molecule has 1 heterocycles. The summed E-state index contributed by atoms with van der Waals surface area (Å²) >= 11 is 0.467. The van der Waals surface area contributed by atoms with Crippen LogP contribution in [0.2, 0.25) is 5.32 Å². The van der Waals surface area contributed by atoms with Gasteiger partial charge in [0.15, 0.2) is 0 Å². The van der Waals surface area contributed by atoms with Crippen molar-refractivity contribution in [2.45, 2.75) is 32.0 Å². The Kier molecular flexibility index (Phi) is 5.15. The Balaban J connectivity index is 1.90. The van der Waals surface area contributed by atoms with E-state index < -0.39 is 0 Å². The molecule has 0 fully saturated rings. The molecule has 1 aliphatic rings. The van der Waals surface area contributed by atoms with Gasteiger partial charge in [-0.2, -0.15) is 0 Å². The van der Waals surface area contributed by atoms with E-state index in [9.17, 15) is 0 Å². The Morgan fingerprint density at radius 1 is 0.962 bits per heavy atom. The fraction of sp³-hybridized carbons (Fsp3) is 0.250. The van der Waals surface area contributed by atoms with Crippen molar-refractivity contribution in [1.82, 2.24) is 0 Å². The van der Waals surface area contributed by atoms with Gasteiger partial charge in [0.05, 0.1) is 0 Å². The van der Waals surface area contributed by atoms with E-state index >= 15 is 0 Å². The minimum atomic E-state index is 0.467. The molecule has 0 bridgehead atoms. The summed E-state index contributed by atoms with van der Waals surface area (Å²) in [6, 6.07) is 21.9. The number of rotatable bonds is 5. The minimum absolute atomic E-state index is 0.467. The number of fused-ring (bicyclic) bond motifs is 2. The maximum atomic E-state index is 6.18. The molecule has 0 saturated heterocycles. The summed E-state index contributed by atoms with van der Waals surface area (Å²) in [6.45, 7) is 5.12. The quantitative estimate of drug-likeness (QED) is 0.355. The van der Waals surface area contributed by atoms with Crippen LogP contribution in [0.25, 0.3) is 20.8 Å². The van der Waals surface area contributed by atoms with Crippen molar-refractivity contribution in [1.29, 1.82) is 0 Å². The number of hydrogen-bond acceptors (Lipinski definition) is 1. The van der Waals surface area contributed by atoms with Crippen molar-refractivity contribution < 1.29 is 4.74 Å². The van der Waals surface area contributed by atoms with Crippen LogP contribution >= 0.6 is 0 Å². The van der Waals surface area contributed by atoms with Crippen molar-refractivity contribution in [2.24, 2.45) is 0 Å². The third-order valence-electron chi connectivity index (χ3n) is 4.88. The first-order chi connectivity index (χ1) is 12.8. The molecule has 1 aliphatic heterocycles. The molecule has 26 heavy (non-hydrogen) atoms. The first-order valence-electron chi connectivity index (χ1n) is 9.36. The van der Waals surface area contributed by atoms with Crippen LogP contribution in [-0.4, -0.2) is 21.6 Å². The summed E-state index contributed by atoms with van der Waals surface area (Å²) in [5.41, 5.74) is 5.34. The van der Waals surface area contributed by atoms with Crippen LogP contribution in [0.1, 0.15) is 36.5 Å². The molecule has 0 unspecified atom stereocenters. The summed E-state index contributed by atoms with van der Waals surface area (Å²) in [5.74, 6) is 1.05. The second kappa shape index (κ2) is 7.70. The van der Waals surface area contributed by atoms with E-state index in [0.29, 0.717) is 21.6 Å². The van der Waals surface area contributed by atoms with E-state index in [0.717, 1.165) is 5.75 Å². The van der Waals surface area contributed by atoms with Gasteiger partial charge < -0.3 is 0 Å². The van der Waals surface area contributed by atoms with E-state index in [1.54, 1.807) is 0 Å². The zero-order valence-electron chi connectivity index (χ0n) is 15.4. The van der Waals surface area contributed by atoms with E-state index in [4.69, 9.17) is 4.74 Å². The molecule has 132 valence electrons. The summed E-state index contributed by atoms with van der Waals surface area (Å²) in [7, 11) is 0. The average molecular weight is 407 g/mol. The van der Waals surface area contributed by atoms with Crippen molar-refractivity contribution in [3.63, 3.8) is 0 Å². The first kappa shape index (κ1) is 17.4. The molecule has 0 aromatic heterocycles. The van der Waals surface area contributed by atoms with Crippen LogP contribution in [0, 0.1) is 6.92 Å². The Morgan fingerprint density at radius 2 is 1.81 bits per heavy atom. The van der Waals surface area contributed by atoms with Gasteiger partial charge >= 0.3 is 162 Å². The van der Waals surface area contributed by atoms with Crippen LogP contribution in [-0.2, 0) is 0 Å². The van der Waals surface area contributed by atoms with Crippen molar-refractivity contribution in [3.8, 4) is 5.75 Å². The molecule has 0 N–H and O–H groups in total. The number of benzene rings is 3. The molecular weight excluding hydrogens is 383 g/mol. The van der Waals surface area contributed by atoms with Gasteiger partial charge in [-0.25, -0.2) is 0 Å². The first-order valence-corrected chi connectivity index (χ1v) is 11.4.